The zero-order valence-electron chi connectivity index (χ0n) is 10.9. The predicted molar refractivity (Wildman–Crippen MR) is 74.4 cm³/mol. The van der Waals surface area contributed by atoms with Crippen LogP contribution in [0.2, 0.25) is 0 Å². The number of hydrogen-bond acceptors (Lipinski definition) is 2. The summed E-state index contributed by atoms with van der Waals surface area (Å²) >= 11 is 0. The maximum absolute atomic E-state index is 11.0. The van der Waals surface area contributed by atoms with Gasteiger partial charge in [0, 0.05) is 36.1 Å². The number of aromatic amines is 1. The predicted octanol–water partition coefficient (Wildman–Crippen LogP) is 2.77. The number of rotatable bonds is 1. The highest BCUT2D eigenvalue weighted by Crippen LogP contribution is 2.36. The van der Waals surface area contributed by atoms with Crippen molar-refractivity contribution in [1.82, 2.24) is 9.88 Å². The van der Waals surface area contributed by atoms with Crippen LogP contribution in [0.3, 0.4) is 0 Å². The van der Waals surface area contributed by atoms with Crippen LogP contribution in [0.5, 0.6) is 0 Å². The molecule has 2 unspecified atom stereocenters. The largest absolute Gasteiger partial charge is 0.465 e. The highest BCUT2D eigenvalue weighted by Gasteiger charge is 2.33. The summed E-state index contributed by atoms with van der Waals surface area (Å²) in [7, 11) is 0. The molecule has 1 aliphatic heterocycles. The van der Waals surface area contributed by atoms with E-state index in [1.807, 2.05) is 30.5 Å². The van der Waals surface area contributed by atoms with Crippen LogP contribution in [0.25, 0.3) is 10.9 Å². The molecule has 1 aliphatic rings. The molecule has 1 amide bonds. The second-order valence-electron chi connectivity index (χ2n) is 5.15. The third-order valence-electron chi connectivity index (χ3n) is 4.07. The van der Waals surface area contributed by atoms with Gasteiger partial charge in [0.15, 0.2) is 0 Å². The molecule has 0 bridgehead atoms. The number of likely N-dealkylation sites (tertiary alicyclic amines) is 1. The van der Waals surface area contributed by atoms with Crippen molar-refractivity contribution in [2.45, 2.75) is 12.3 Å². The third kappa shape index (κ3) is 1.99. The molecule has 5 heteroatoms. The average Bonchev–Trinajstić information content (AvgIpc) is 2.90. The molecule has 0 spiro atoms. The van der Waals surface area contributed by atoms with E-state index in [2.05, 4.69) is 11.1 Å². The van der Waals surface area contributed by atoms with Crippen molar-refractivity contribution in [3.05, 3.63) is 36.0 Å². The molecule has 0 aliphatic carbocycles. The topological polar surface area (TPSA) is 80.1 Å². The molecule has 2 aromatic rings. The van der Waals surface area contributed by atoms with E-state index in [1.54, 1.807) is 0 Å². The average molecular weight is 269 g/mol. The number of carboxylic acid groups (broad SMARTS) is 1. The van der Waals surface area contributed by atoms with Crippen LogP contribution in [0.15, 0.2) is 30.5 Å². The van der Waals surface area contributed by atoms with Crippen molar-refractivity contribution >= 4 is 17.0 Å². The Bertz CT molecular complexity index is 686. The lowest BCUT2D eigenvalue weighted by molar-refractivity contribution is 0.122. The van der Waals surface area contributed by atoms with Crippen molar-refractivity contribution in [1.29, 1.82) is 5.26 Å². The number of benzene rings is 1. The number of aromatic nitrogens is 1. The van der Waals surface area contributed by atoms with Gasteiger partial charge in [-0.1, -0.05) is 18.2 Å². The second kappa shape index (κ2) is 4.89. The lowest BCUT2D eigenvalue weighted by Crippen LogP contribution is -2.41. The second-order valence-corrected chi connectivity index (χ2v) is 5.15. The van der Waals surface area contributed by atoms with Gasteiger partial charge in [-0.25, -0.2) is 4.79 Å². The molecule has 0 radical (unpaired) electrons. The molecule has 3 rings (SSSR count). The van der Waals surface area contributed by atoms with Gasteiger partial charge in [0.2, 0.25) is 0 Å². The Kier molecular flexibility index (Phi) is 3.07. The van der Waals surface area contributed by atoms with Crippen LogP contribution in [0.1, 0.15) is 17.9 Å². The molecule has 2 N–H and O–H groups in total. The minimum atomic E-state index is -0.942. The van der Waals surface area contributed by atoms with Gasteiger partial charge in [-0.3, -0.25) is 0 Å². The van der Waals surface area contributed by atoms with Gasteiger partial charge in [-0.05, 0) is 18.1 Å². The third-order valence-corrected chi connectivity index (χ3v) is 4.07. The molecule has 0 saturated carbocycles. The zero-order valence-corrected chi connectivity index (χ0v) is 10.9. The molecule has 1 fully saturated rings. The number of para-hydroxylation sites is 1. The molecule has 2 heterocycles. The molecular weight excluding hydrogens is 254 g/mol. The number of fused-ring (bicyclic) bond motifs is 1. The monoisotopic (exact) mass is 269 g/mol. The standard InChI is InChI=1S/C15H15N3O2/c16-7-10-9-18(15(19)20)6-5-11(10)13-8-17-14-4-2-1-3-12(13)14/h1-4,8,10-11,17H,5-6,9H2,(H,19,20). The van der Waals surface area contributed by atoms with Gasteiger partial charge in [0.25, 0.3) is 0 Å². The summed E-state index contributed by atoms with van der Waals surface area (Å²) in [6, 6.07) is 10.3. The summed E-state index contributed by atoms with van der Waals surface area (Å²) in [6.07, 6.45) is 1.70. The maximum atomic E-state index is 11.0. The normalized spacial score (nSPS) is 22.6. The summed E-state index contributed by atoms with van der Waals surface area (Å²) < 4.78 is 0. The highest BCUT2D eigenvalue weighted by atomic mass is 16.4. The fourth-order valence-electron chi connectivity index (χ4n) is 3.03. The minimum absolute atomic E-state index is 0.0896. The maximum Gasteiger partial charge on any atom is 0.407 e. The number of amides is 1. The lowest BCUT2D eigenvalue weighted by atomic mass is 9.81. The number of H-pyrrole nitrogens is 1. The van der Waals surface area contributed by atoms with Crippen LogP contribution in [0, 0.1) is 17.2 Å². The van der Waals surface area contributed by atoms with Gasteiger partial charge in [-0.2, -0.15) is 5.26 Å². The van der Waals surface area contributed by atoms with Gasteiger partial charge in [0.05, 0.1) is 12.0 Å². The molecule has 20 heavy (non-hydrogen) atoms. The van der Waals surface area contributed by atoms with Crippen molar-refractivity contribution in [2.75, 3.05) is 13.1 Å². The summed E-state index contributed by atoms with van der Waals surface area (Å²) in [5.74, 6) is -0.203. The molecular formula is C15H15N3O2. The Morgan fingerprint density at radius 1 is 1.45 bits per heavy atom. The summed E-state index contributed by atoms with van der Waals surface area (Å²) in [6.45, 7) is 0.772. The van der Waals surface area contributed by atoms with Crippen LogP contribution in [0.4, 0.5) is 4.79 Å². The Labute approximate surface area is 116 Å². The molecule has 1 aromatic heterocycles. The zero-order chi connectivity index (χ0) is 14.1. The molecule has 1 saturated heterocycles. The Morgan fingerprint density at radius 3 is 3.00 bits per heavy atom. The van der Waals surface area contributed by atoms with Crippen LogP contribution >= 0.6 is 0 Å². The smallest absolute Gasteiger partial charge is 0.407 e. The molecule has 102 valence electrons. The summed E-state index contributed by atoms with van der Waals surface area (Å²) in [5.41, 5.74) is 2.18. The van der Waals surface area contributed by atoms with E-state index >= 15 is 0 Å². The lowest BCUT2D eigenvalue weighted by Gasteiger charge is -2.33. The number of nitrogens with zero attached hydrogens (tertiary/aromatic N) is 2. The summed E-state index contributed by atoms with van der Waals surface area (Å²) in [4.78, 5) is 15.6. The van der Waals surface area contributed by atoms with E-state index in [1.165, 1.54) is 4.90 Å². The van der Waals surface area contributed by atoms with Gasteiger partial charge >= 0.3 is 6.09 Å². The van der Waals surface area contributed by atoms with Crippen molar-refractivity contribution in [3.63, 3.8) is 0 Å². The van der Waals surface area contributed by atoms with E-state index in [9.17, 15) is 10.1 Å². The fourth-order valence-corrected chi connectivity index (χ4v) is 3.03. The highest BCUT2D eigenvalue weighted by molar-refractivity contribution is 5.83. The Balaban J connectivity index is 1.94. The number of piperidine rings is 1. The fraction of sp³-hybridized carbons (Fsp3) is 0.333. The first kappa shape index (κ1) is 12.5. The number of nitrogens with one attached hydrogen (secondary N) is 1. The SMILES string of the molecule is N#CC1CN(C(=O)O)CCC1c1c[nH]c2ccccc12. The number of hydrogen-bond donors (Lipinski definition) is 2. The number of carbonyl (C=O) groups is 1. The summed E-state index contributed by atoms with van der Waals surface area (Å²) in [5, 5.41) is 19.5. The van der Waals surface area contributed by atoms with Crippen molar-refractivity contribution < 1.29 is 9.90 Å². The van der Waals surface area contributed by atoms with E-state index < -0.39 is 6.09 Å². The first-order chi connectivity index (χ1) is 9.70. The van der Waals surface area contributed by atoms with Gasteiger partial charge < -0.3 is 15.0 Å². The van der Waals surface area contributed by atoms with Crippen LogP contribution in [-0.4, -0.2) is 34.2 Å². The minimum Gasteiger partial charge on any atom is -0.465 e. The van der Waals surface area contributed by atoms with Crippen molar-refractivity contribution in [3.8, 4) is 6.07 Å². The van der Waals surface area contributed by atoms with Crippen LogP contribution in [-0.2, 0) is 0 Å². The van der Waals surface area contributed by atoms with Gasteiger partial charge in [-0.15, -0.1) is 0 Å². The quantitative estimate of drug-likeness (QED) is 0.835. The van der Waals surface area contributed by atoms with Crippen molar-refractivity contribution in [2.24, 2.45) is 5.92 Å². The first-order valence-corrected chi connectivity index (χ1v) is 6.64. The Hall–Kier alpha value is -2.48. The Morgan fingerprint density at radius 2 is 2.25 bits per heavy atom. The van der Waals surface area contributed by atoms with E-state index in [-0.39, 0.29) is 18.4 Å². The first-order valence-electron chi connectivity index (χ1n) is 6.64. The van der Waals surface area contributed by atoms with E-state index in [0.717, 1.165) is 16.5 Å². The van der Waals surface area contributed by atoms with Gasteiger partial charge in [0.1, 0.15) is 0 Å². The molecule has 2 atom stereocenters. The molecule has 1 aromatic carbocycles. The van der Waals surface area contributed by atoms with Crippen LogP contribution < -0.4 is 0 Å². The van der Waals surface area contributed by atoms with E-state index in [4.69, 9.17) is 5.11 Å². The molecule has 5 nitrogen and oxygen atoms in total. The number of nitriles is 1. The van der Waals surface area contributed by atoms with E-state index in [0.29, 0.717) is 13.0 Å².